The van der Waals surface area contributed by atoms with Crippen molar-refractivity contribution in [1.29, 1.82) is 0 Å². The van der Waals surface area contributed by atoms with Gasteiger partial charge >= 0.3 is 0 Å². The number of carbonyl (C=O) groups excluding carboxylic acids is 1. The first-order chi connectivity index (χ1) is 19.4. The normalized spacial score (nSPS) is 30.3. The van der Waals surface area contributed by atoms with Gasteiger partial charge in [-0.15, -0.1) is 0 Å². The number of nitrogens with zero attached hydrogens (tertiary/aromatic N) is 2. The van der Waals surface area contributed by atoms with Crippen LogP contribution >= 0.6 is 0 Å². The van der Waals surface area contributed by atoms with Gasteiger partial charge in [-0.2, -0.15) is 0 Å². The highest BCUT2D eigenvalue weighted by atomic mass is 16.5. The molecule has 6 heteroatoms. The van der Waals surface area contributed by atoms with Gasteiger partial charge in [-0.3, -0.25) is 9.69 Å². The molecule has 2 saturated carbocycles. The summed E-state index contributed by atoms with van der Waals surface area (Å²) in [6, 6.07) is 12.2. The molecule has 1 spiro atoms. The quantitative estimate of drug-likeness (QED) is 0.452. The second kappa shape index (κ2) is 9.83. The molecule has 2 aromatic rings. The molecule has 0 radical (unpaired) electrons. The van der Waals surface area contributed by atoms with E-state index in [1.807, 2.05) is 36.4 Å². The Bertz CT molecular complexity index is 1320. The maximum absolute atomic E-state index is 13.9. The van der Waals surface area contributed by atoms with Crippen molar-refractivity contribution in [3.8, 4) is 17.2 Å². The van der Waals surface area contributed by atoms with Crippen LogP contribution < -0.4 is 9.47 Å². The number of amides is 1. The number of phenols is 1. The highest BCUT2D eigenvalue weighted by Gasteiger charge is 2.67. The zero-order valence-corrected chi connectivity index (χ0v) is 24.0. The van der Waals surface area contributed by atoms with E-state index in [9.17, 15) is 9.90 Å². The van der Waals surface area contributed by atoms with Crippen LogP contribution in [0.25, 0.3) is 6.08 Å². The van der Waals surface area contributed by atoms with Crippen LogP contribution in [-0.4, -0.2) is 65.7 Å². The third kappa shape index (κ3) is 4.05. The number of carbonyl (C=O) groups is 1. The number of rotatable bonds is 8. The lowest BCUT2D eigenvalue weighted by molar-refractivity contribution is -0.138. The molecule has 7 rings (SSSR count). The van der Waals surface area contributed by atoms with Crippen molar-refractivity contribution in [2.24, 2.45) is 17.8 Å². The van der Waals surface area contributed by atoms with Crippen LogP contribution in [0.4, 0.5) is 0 Å². The molecule has 0 unspecified atom stereocenters. The third-order valence-corrected chi connectivity index (χ3v) is 10.4. The van der Waals surface area contributed by atoms with Crippen LogP contribution in [-0.2, 0) is 16.6 Å². The highest BCUT2D eigenvalue weighted by molar-refractivity contribution is 5.92. The largest absolute Gasteiger partial charge is 0.508 e. The molecule has 0 aromatic heterocycles. The third-order valence-electron chi connectivity index (χ3n) is 10.4. The second-order valence-corrected chi connectivity index (χ2v) is 13.2. The van der Waals surface area contributed by atoms with E-state index in [-0.39, 0.29) is 23.5 Å². The van der Waals surface area contributed by atoms with Gasteiger partial charge in [-0.05, 0) is 74.5 Å². The number of likely N-dealkylation sites (tertiary alicyclic amines) is 1. The summed E-state index contributed by atoms with van der Waals surface area (Å²) < 4.78 is 12.8. The van der Waals surface area contributed by atoms with Gasteiger partial charge in [0.25, 0.3) is 0 Å². The number of benzene rings is 2. The number of methoxy groups -OCH3 is 1. The van der Waals surface area contributed by atoms with Crippen molar-refractivity contribution >= 4 is 12.0 Å². The van der Waals surface area contributed by atoms with E-state index in [1.165, 1.54) is 24.9 Å². The highest BCUT2D eigenvalue weighted by Crippen LogP contribution is 2.65. The molecule has 1 amide bonds. The van der Waals surface area contributed by atoms with Gasteiger partial charge in [-0.1, -0.05) is 44.2 Å². The maximum atomic E-state index is 13.9. The van der Waals surface area contributed by atoms with E-state index in [0.717, 1.165) is 55.0 Å². The average molecular weight is 543 g/mol. The van der Waals surface area contributed by atoms with E-state index in [0.29, 0.717) is 35.9 Å². The number of ether oxygens (including phenoxy) is 2. The van der Waals surface area contributed by atoms with Gasteiger partial charge in [-0.25, -0.2) is 0 Å². The summed E-state index contributed by atoms with van der Waals surface area (Å²) in [5, 5.41) is 11.3. The topological polar surface area (TPSA) is 62.2 Å². The number of hydrogen-bond acceptors (Lipinski definition) is 5. The van der Waals surface area contributed by atoms with Crippen LogP contribution in [0.15, 0.2) is 42.5 Å². The molecule has 3 fully saturated rings. The molecule has 1 N–H and O–H groups in total. The van der Waals surface area contributed by atoms with Crippen molar-refractivity contribution in [3.63, 3.8) is 0 Å². The number of piperidine rings is 1. The Morgan fingerprint density at radius 1 is 1.23 bits per heavy atom. The number of phenolic OH excluding ortho intramolecular Hbond substituents is 1. The smallest absolute Gasteiger partial charge is 0.246 e. The SMILES string of the molecule is COc1cc(O)c2c3c1O[C@H]1[C@H](N(CC(C)C)C(=O)C=Cc4ccccc4)CC[C@H]4[C@@H](C2)N(CC2CC2)CC[C@@]341. The first kappa shape index (κ1) is 25.9. The van der Waals surface area contributed by atoms with E-state index in [1.54, 1.807) is 19.3 Å². The molecule has 2 heterocycles. The van der Waals surface area contributed by atoms with Crippen LogP contribution in [0, 0.1) is 17.8 Å². The molecule has 5 aliphatic rings. The zero-order chi connectivity index (χ0) is 27.6. The first-order valence-corrected chi connectivity index (χ1v) is 15.3. The molecule has 2 bridgehead atoms. The summed E-state index contributed by atoms with van der Waals surface area (Å²) in [5.74, 6) is 3.42. The number of hydrogen-bond donors (Lipinski definition) is 1. The molecule has 3 aliphatic carbocycles. The standard InChI is InChI=1S/C34H42N2O4/c1-21(2)19-36(30(38)14-11-22-7-5-4-6-8-22)26-13-12-25-27-17-24-28(37)18-29(39-3)32-31(24)34(25,33(26)40-32)15-16-35(27)20-23-9-10-23/h4-8,11,14,18,21,23,25-27,33,37H,9-10,12-13,15-17,19-20H2,1-3H3/t25-,26+,27+,33-,34-/m0/s1. The molecular formula is C34H42N2O4. The fraction of sp³-hybridized carbons (Fsp3) is 0.559. The van der Waals surface area contributed by atoms with Gasteiger partial charge in [0, 0.05) is 47.8 Å². The van der Waals surface area contributed by atoms with E-state index >= 15 is 0 Å². The van der Waals surface area contributed by atoms with Crippen molar-refractivity contribution in [2.45, 2.75) is 76.0 Å². The minimum atomic E-state index is -0.207. The lowest BCUT2D eigenvalue weighted by atomic mass is 9.50. The molecule has 1 saturated heterocycles. The Hall–Kier alpha value is -2.99. The molecule has 6 nitrogen and oxygen atoms in total. The van der Waals surface area contributed by atoms with Gasteiger partial charge in [0.15, 0.2) is 11.5 Å². The maximum Gasteiger partial charge on any atom is 0.246 e. The zero-order valence-electron chi connectivity index (χ0n) is 24.0. The van der Waals surface area contributed by atoms with Crippen LogP contribution in [0.5, 0.6) is 17.2 Å². The Kier molecular flexibility index (Phi) is 6.38. The van der Waals surface area contributed by atoms with Gasteiger partial charge in [0.1, 0.15) is 11.9 Å². The summed E-state index contributed by atoms with van der Waals surface area (Å²) in [6.45, 7) is 7.27. The summed E-state index contributed by atoms with van der Waals surface area (Å²) in [7, 11) is 1.66. The second-order valence-electron chi connectivity index (χ2n) is 13.2. The predicted molar refractivity (Wildman–Crippen MR) is 156 cm³/mol. The van der Waals surface area contributed by atoms with E-state index in [4.69, 9.17) is 9.47 Å². The molecule has 2 aromatic carbocycles. The molecule has 212 valence electrons. The Balaban J connectivity index is 1.29. The van der Waals surface area contributed by atoms with Gasteiger partial charge in [0.2, 0.25) is 5.91 Å². The van der Waals surface area contributed by atoms with Crippen LogP contribution in [0.2, 0.25) is 0 Å². The van der Waals surface area contributed by atoms with Crippen molar-refractivity contribution in [1.82, 2.24) is 9.80 Å². The van der Waals surface area contributed by atoms with Crippen LogP contribution in [0.1, 0.15) is 62.6 Å². The summed E-state index contributed by atoms with van der Waals surface area (Å²) in [4.78, 5) is 18.7. The monoisotopic (exact) mass is 542 g/mol. The summed E-state index contributed by atoms with van der Waals surface area (Å²) >= 11 is 0. The van der Waals surface area contributed by atoms with Crippen molar-refractivity contribution in [2.75, 3.05) is 26.7 Å². The van der Waals surface area contributed by atoms with Crippen molar-refractivity contribution in [3.05, 3.63) is 59.2 Å². The Morgan fingerprint density at radius 2 is 2.02 bits per heavy atom. The fourth-order valence-corrected chi connectivity index (χ4v) is 8.59. The van der Waals surface area contributed by atoms with Crippen LogP contribution in [0.3, 0.4) is 0 Å². The molecule has 5 atom stereocenters. The lowest BCUT2D eigenvalue weighted by Crippen LogP contribution is -2.69. The van der Waals surface area contributed by atoms with E-state index < -0.39 is 0 Å². The summed E-state index contributed by atoms with van der Waals surface area (Å²) in [5.41, 5.74) is 3.05. The fourth-order valence-electron chi connectivity index (χ4n) is 8.59. The van der Waals surface area contributed by atoms with Gasteiger partial charge in [0.05, 0.1) is 13.2 Å². The number of aromatic hydroxyl groups is 1. The summed E-state index contributed by atoms with van der Waals surface area (Å²) in [6.07, 6.45) is 10.1. The van der Waals surface area contributed by atoms with Gasteiger partial charge < -0.3 is 19.5 Å². The lowest BCUT2D eigenvalue weighted by Gasteiger charge is -2.60. The minimum Gasteiger partial charge on any atom is -0.508 e. The van der Waals surface area contributed by atoms with Crippen molar-refractivity contribution < 1.29 is 19.4 Å². The molecule has 2 aliphatic heterocycles. The predicted octanol–water partition coefficient (Wildman–Crippen LogP) is 5.42. The average Bonchev–Trinajstić information content (AvgIpc) is 3.71. The first-order valence-electron chi connectivity index (χ1n) is 15.3. The Labute approximate surface area is 238 Å². The van der Waals surface area contributed by atoms with E-state index in [2.05, 4.69) is 23.6 Å². The minimum absolute atomic E-state index is 0.0348. The molecular weight excluding hydrogens is 500 g/mol. The molecule has 40 heavy (non-hydrogen) atoms. The Morgan fingerprint density at radius 3 is 2.75 bits per heavy atom.